The van der Waals surface area contributed by atoms with Crippen molar-refractivity contribution in [2.75, 3.05) is 33.9 Å². The van der Waals surface area contributed by atoms with Gasteiger partial charge in [-0.2, -0.15) is 5.10 Å². The van der Waals surface area contributed by atoms with E-state index in [1.165, 1.54) is 0 Å². The normalized spacial score (nSPS) is 12.2. The molecule has 7 nitrogen and oxygen atoms in total. The number of aryl methyl sites for hydroxylation is 1. The molecule has 0 radical (unpaired) electrons. The molecule has 1 atom stereocenters. The molecule has 0 saturated carbocycles. The van der Waals surface area contributed by atoms with Gasteiger partial charge in [-0.25, -0.2) is 4.68 Å². The van der Waals surface area contributed by atoms with Gasteiger partial charge in [0.15, 0.2) is 0 Å². The van der Waals surface area contributed by atoms with Crippen LogP contribution in [-0.4, -0.2) is 59.8 Å². The van der Waals surface area contributed by atoms with Crippen LogP contribution in [0.2, 0.25) is 0 Å². The second-order valence-electron chi connectivity index (χ2n) is 7.47. The topological polar surface area (TPSA) is 69.0 Å². The standard InChI is InChI=1S/C24H31N3O4/c1-18(28)16-26(13-14-29-3)17-23-19(2)25-27(20-9-6-5-7-10-20)24(23)31-22-12-8-11-21(15-22)30-4/h5-12,15,18,28H,13-14,16-17H2,1-4H3/t18-/m1/s1. The van der Waals surface area contributed by atoms with Gasteiger partial charge in [0.05, 0.1) is 36.8 Å². The Hall–Kier alpha value is -2.87. The first-order valence-corrected chi connectivity index (χ1v) is 10.4. The Kier molecular flexibility index (Phi) is 8.06. The van der Waals surface area contributed by atoms with Crippen molar-refractivity contribution in [2.24, 2.45) is 0 Å². The SMILES string of the molecule is COCCN(Cc1c(C)nn(-c2ccccc2)c1Oc1cccc(OC)c1)C[C@@H](C)O. The highest BCUT2D eigenvalue weighted by Crippen LogP contribution is 2.32. The summed E-state index contributed by atoms with van der Waals surface area (Å²) in [6.07, 6.45) is -0.455. The third-order valence-electron chi connectivity index (χ3n) is 4.91. The Bertz CT molecular complexity index is 957. The van der Waals surface area contributed by atoms with E-state index in [1.54, 1.807) is 21.1 Å². The van der Waals surface area contributed by atoms with Crippen LogP contribution < -0.4 is 9.47 Å². The van der Waals surface area contributed by atoms with Gasteiger partial charge in [-0.1, -0.05) is 24.3 Å². The summed E-state index contributed by atoms with van der Waals surface area (Å²) in [5.41, 5.74) is 2.74. The van der Waals surface area contributed by atoms with Gasteiger partial charge in [0.1, 0.15) is 11.5 Å². The maximum Gasteiger partial charge on any atom is 0.227 e. The molecule has 2 aromatic carbocycles. The highest BCUT2D eigenvalue weighted by molar-refractivity contribution is 5.44. The van der Waals surface area contributed by atoms with E-state index in [2.05, 4.69) is 4.90 Å². The van der Waals surface area contributed by atoms with E-state index in [1.807, 2.05) is 66.2 Å². The molecule has 0 unspecified atom stereocenters. The summed E-state index contributed by atoms with van der Waals surface area (Å²) in [5.74, 6) is 2.03. The van der Waals surface area contributed by atoms with Crippen LogP contribution in [0.25, 0.3) is 5.69 Å². The summed E-state index contributed by atoms with van der Waals surface area (Å²) in [6.45, 7) is 6.13. The minimum absolute atomic E-state index is 0.455. The van der Waals surface area contributed by atoms with Crippen molar-refractivity contribution in [3.63, 3.8) is 0 Å². The monoisotopic (exact) mass is 425 g/mol. The lowest BCUT2D eigenvalue weighted by molar-refractivity contribution is 0.0934. The number of aromatic nitrogens is 2. The number of para-hydroxylation sites is 1. The van der Waals surface area contributed by atoms with Crippen molar-refractivity contribution in [1.29, 1.82) is 0 Å². The summed E-state index contributed by atoms with van der Waals surface area (Å²) >= 11 is 0. The number of methoxy groups -OCH3 is 2. The molecule has 1 heterocycles. The zero-order chi connectivity index (χ0) is 22.2. The first-order chi connectivity index (χ1) is 15.0. The van der Waals surface area contributed by atoms with E-state index in [0.717, 1.165) is 22.7 Å². The van der Waals surface area contributed by atoms with Crippen LogP contribution in [0.3, 0.4) is 0 Å². The molecule has 0 spiro atoms. The van der Waals surface area contributed by atoms with Gasteiger partial charge < -0.3 is 19.3 Å². The number of aliphatic hydroxyl groups is 1. The fourth-order valence-electron chi connectivity index (χ4n) is 3.40. The van der Waals surface area contributed by atoms with Gasteiger partial charge in [0.2, 0.25) is 5.88 Å². The first kappa shape index (κ1) is 22.8. The number of hydrogen-bond acceptors (Lipinski definition) is 6. The molecule has 3 rings (SSSR count). The molecular weight excluding hydrogens is 394 g/mol. The van der Waals surface area contributed by atoms with Crippen molar-refractivity contribution in [3.05, 3.63) is 65.9 Å². The molecular formula is C24H31N3O4. The zero-order valence-electron chi connectivity index (χ0n) is 18.6. The number of aliphatic hydroxyl groups excluding tert-OH is 1. The molecule has 0 amide bonds. The summed E-state index contributed by atoms with van der Waals surface area (Å²) < 4.78 is 18.8. The number of benzene rings is 2. The quantitative estimate of drug-likeness (QED) is 0.504. The van der Waals surface area contributed by atoms with Crippen LogP contribution in [-0.2, 0) is 11.3 Å². The van der Waals surface area contributed by atoms with E-state index < -0.39 is 6.10 Å². The van der Waals surface area contributed by atoms with Crippen molar-refractivity contribution < 1.29 is 19.3 Å². The predicted octanol–water partition coefficient (Wildman–Crippen LogP) is 3.81. The van der Waals surface area contributed by atoms with Gasteiger partial charge in [0.25, 0.3) is 0 Å². The Morgan fingerprint density at radius 3 is 2.48 bits per heavy atom. The molecule has 0 saturated heterocycles. The largest absolute Gasteiger partial charge is 0.497 e. The minimum Gasteiger partial charge on any atom is -0.497 e. The molecule has 31 heavy (non-hydrogen) atoms. The molecule has 0 fully saturated rings. The molecule has 1 N–H and O–H groups in total. The number of rotatable bonds is 11. The molecule has 0 aliphatic heterocycles. The summed E-state index contributed by atoms with van der Waals surface area (Å²) in [6, 6.07) is 17.4. The van der Waals surface area contributed by atoms with E-state index in [9.17, 15) is 5.11 Å². The lowest BCUT2D eigenvalue weighted by Crippen LogP contribution is -2.33. The van der Waals surface area contributed by atoms with Crippen LogP contribution in [0.4, 0.5) is 0 Å². The van der Waals surface area contributed by atoms with E-state index >= 15 is 0 Å². The number of nitrogens with zero attached hydrogens (tertiary/aromatic N) is 3. The van der Waals surface area contributed by atoms with Gasteiger partial charge in [-0.3, -0.25) is 4.90 Å². The molecule has 1 aromatic heterocycles. The third kappa shape index (κ3) is 6.07. The Labute approximate surface area is 183 Å². The number of hydrogen-bond donors (Lipinski definition) is 1. The van der Waals surface area contributed by atoms with Crippen LogP contribution >= 0.6 is 0 Å². The van der Waals surface area contributed by atoms with Crippen molar-refractivity contribution in [3.8, 4) is 23.1 Å². The summed E-state index contributed by atoms with van der Waals surface area (Å²) in [4.78, 5) is 2.14. The Balaban J connectivity index is 2.01. The fourth-order valence-corrected chi connectivity index (χ4v) is 3.40. The predicted molar refractivity (Wildman–Crippen MR) is 120 cm³/mol. The first-order valence-electron chi connectivity index (χ1n) is 10.4. The highest BCUT2D eigenvalue weighted by Gasteiger charge is 2.22. The molecule has 166 valence electrons. The van der Waals surface area contributed by atoms with Crippen LogP contribution in [0.5, 0.6) is 17.4 Å². The number of ether oxygens (including phenoxy) is 3. The minimum atomic E-state index is -0.455. The molecule has 0 bridgehead atoms. The van der Waals surface area contributed by atoms with Crippen LogP contribution in [0.1, 0.15) is 18.2 Å². The van der Waals surface area contributed by atoms with E-state index in [4.69, 9.17) is 19.3 Å². The van der Waals surface area contributed by atoms with Gasteiger partial charge in [0, 0.05) is 32.8 Å². The van der Waals surface area contributed by atoms with Gasteiger partial charge in [-0.05, 0) is 38.1 Å². The second kappa shape index (κ2) is 10.9. The Morgan fingerprint density at radius 2 is 1.81 bits per heavy atom. The second-order valence-corrected chi connectivity index (χ2v) is 7.47. The summed E-state index contributed by atoms with van der Waals surface area (Å²) in [7, 11) is 3.31. The van der Waals surface area contributed by atoms with Gasteiger partial charge in [-0.15, -0.1) is 0 Å². The van der Waals surface area contributed by atoms with E-state index in [0.29, 0.717) is 37.9 Å². The molecule has 0 aliphatic rings. The molecule has 3 aromatic rings. The Morgan fingerprint density at radius 1 is 1.06 bits per heavy atom. The zero-order valence-corrected chi connectivity index (χ0v) is 18.6. The average molecular weight is 426 g/mol. The van der Waals surface area contributed by atoms with E-state index in [-0.39, 0.29) is 0 Å². The molecule has 0 aliphatic carbocycles. The molecule has 7 heteroatoms. The van der Waals surface area contributed by atoms with Crippen LogP contribution in [0.15, 0.2) is 54.6 Å². The lowest BCUT2D eigenvalue weighted by Gasteiger charge is -2.23. The van der Waals surface area contributed by atoms with Crippen molar-refractivity contribution in [2.45, 2.75) is 26.5 Å². The maximum absolute atomic E-state index is 9.97. The maximum atomic E-state index is 9.97. The highest BCUT2D eigenvalue weighted by atomic mass is 16.5. The smallest absolute Gasteiger partial charge is 0.227 e. The average Bonchev–Trinajstić information content (AvgIpc) is 3.07. The fraction of sp³-hybridized carbons (Fsp3) is 0.375. The lowest BCUT2D eigenvalue weighted by atomic mass is 10.2. The van der Waals surface area contributed by atoms with Crippen molar-refractivity contribution >= 4 is 0 Å². The third-order valence-corrected chi connectivity index (χ3v) is 4.91. The van der Waals surface area contributed by atoms with Gasteiger partial charge >= 0.3 is 0 Å². The summed E-state index contributed by atoms with van der Waals surface area (Å²) in [5, 5.41) is 14.7. The van der Waals surface area contributed by atoms with Crippen molar-refractivity contribution in [1.82, 2.24) is 14.7 Å². The van der Waals surface area contributed by atoms with Crippen LogP contribution in [0, 0.1) is 6.92 Å².